The number of hydrogen-bond acceptors (Lipinski definition) is 5. The van der Waals surface area contributed by atoms with Gasteiger partial charge in [0.2, 0.25) is 5.82 Å². The summed E-state index contributed by atoms with van der Waals surface area (Å²) in [6, 6.07) is 17.9. The molecule has 0 radical (unpaired) electrons. The van der Waals surface area contributed by atoms with Gasteiger partial charge in [0.05, 0.1) is 18.2 Å². The molecule has 146 valence electrons. The van der Waals surface area contributed by atoms with Crippen LogP contribution in [0.4, 0.5) is 8.78 Å². The number of ether oxygens (including phenoxy) is 2. The van der Waals surface area contributed by atoms with E-state index in [0.717, 1.165) is 0 Å². The zero-order valence-corrected chi connectivity index (χ0v) is 15.4. The van der Waals surface area contributed by atoms with Crippen LogP contribution in [0, 0.1) is 11.6 Å². The van der Waals surface area contributed by atoms with E-state index in [1.165, 1.54) is 18.2 Å². The number of benzene rings is 3. The van der Waals surface area contributed by atoms with E-state index in [1.54, 1.807) is 31.4 Å². The Kier molecular flexibility index (Phi) is 5.20. The molecule has 0 aliphatic heterocycles. The van der Waals surface area contributed by atoms with Crippen LogP contribution in [0.2, 0.25) is 0 Å². The smallest absolute Gasteiger partial charge is 0.262 e. The van der Waals surface area contributed by atoms with Crippen LogP contribution in [0.5, 0.6) is 11.5 Å². The first-order valence-electron chi connectivity index (χ1n) is 8.79. The lowest BCUT2D eigenvalue weighted by atomic mass is 10.2. The fourth-order valence-electron chi connectivity index (χ4n) is 2.80. The van der Waals surface area contributed by atoms with Gasteiger partial charge >= 0.3 is 0 Å². The lowest BCUT2D eigenvalue weighted by molar-refractivity contribution is 0.292. The highest BCUT2D eigenvalue weighted by Gasteiger charge is 2.14. The molecule has 1 aromatic heterocycles. The van der Waals surface area contributed by atoms with Crippen LogP contribution in [0.25, 0.3) is 22.8 Å². The van der Waals surface area contributed by atoms with Gasteiger partial charge in [0, 0.05) is 5.56 Å². The molecule has 4 aromatic rings. The quantitative estimate of drug-likeness (QED) is 0.446. The Hall–Kier alpha value is -3.74. The number of aromatic nitrogens is 2. The van der Waals surface area contributed by atoms with Crippen molar-refractivity contribution in [2.75, 3.05) is 7.11 Å². The van der Waals surface area contributed by atoms with E-state index in [4.69, 9.17) is 14.0 Å². The third kappa shape index (κ3) is 3.94. The number of nitrogens with zero attached hydrogens (tertiary/aromatic N) is 2. The molecule has 0 amide bonds. The summed E-state index contributed by atoms with van der Waals surface area (Å²) in [5.74, 6) is 0.552. The van der Waals surface area contributed by atoms with Crippen molar-refractivity contribution in [2.45, 2.75) is 6.61 Å². The van der Waals surface area contributed by atoms with E-state index >= 15 is 0 Å². The zero-order valence-electron chi connectivity index (χ0n) is 15.4. The first-order chi connectivity index (χ1) is 14.2. The monoisotopic (exact) mass is 394 g/mol. The minimum Gasteiger partial charge on any atom is -0.496 e. The maximum atomic E-state index is 13.7. The first kappa shape index (κ1) is 18.6. The predicted molar refractivity (Wildman–Crippen MR) is 102 cm³/mol. The van der Waals surface area contributed by atoms with Gasteiger partial charge in [-0.15, -0.1) is 0 Å². The molecular formula is C22H16F2N2O3. The largest absolute Gasteiger partial charge is 0.496 e. The van der Waals surface area contributed by atoms with Crippen LogP contribution in [-0.2, 0) is 6.61 Å². The van der Waals surface area contributed by atoms with Crippen LogP contribution in [0.15, 0.2) is 71.3 Å². The Labute approximate surface area is 165 Å². The minimum atomic E-state index is -0.641. The Balaban J connectivity index is 1.49. The molecular weight excluding hydrogens is 378 g/mol. The Morgan fingerprint density at radius 1 is 0.897 bits per heavy atom. The second-order valence-corrected chi connectivity index (χ2v) is 6.14. The van der Waals surface area contributed by atoms with E-state index in [0.29, 0.717) is 34.3 Å². The number of halogens is 2. The fourth-order valence-corrected chi connectivity index (χ4v) is 2.80. The molecule has 0 unspecified atom stereocenters. The van der Waals surface area contributed by atoms with Crippen LogP contribution < -0.4 is 9.47 Å². The van der Waals surface area contributed by atoms with Gasteiger partial charge in [-0.1, -0.05) is 23.4 Å². The molecule has 0 aliphatic carbocycles. The number of para-hydroxylation sites is 1. The van der Waals surface area contributed by atoms with Gasteiger partial charge in [-0.05, 0) is 48.5 Å². The number of methoxy groups -OCH3 is 1. The summed E-state index contributed by atoms with van der Waals surface area (Å²) < 4.78 is 43.5. The maximum absolute atomic E-state index is 13.7. The molecule has 0 aliphatic rings. The Morgan fingerprint density at radius 3 is 2.34 bits per heavy atom. The van der Waals surface area contributed by atoms with Gasteiger partial charge in [0.1, 0.15) is 29.7 Å². The molecule has 4 rings (SSSR count). The number of hydrogen-bond donors (Lipinski definition) is 0. The molecule has 29 heavy (non-hydrogen) atoms. The van der Waals surface area contributed by atoms with Crippen molar-refractivity contribution in [2.24, 2.45) is 0 Å². The zero-order chi connectivity index (χ0) is 20.2. The maximum Gasteiger partial charge on any atom is 0.262 e. The molecule has 3 aromatic carbocycles. The van der Waals surface area contributed by atoms with Crippen LogP contribution in [0.1, 0.15) is 5.56 Å². The van der Waals surface area contributed by atoms with E-state index in [1.807, 2.05) is 24.3 Å². The van der Waals surface area contributed by atoms with Crippen LogP contribution in [0.3, 0.4) is 0 Å². The van der Waals surface area contributed by atoms with Gasteiger partial charge in [0.25, 0.3) is 5.89 Å². The van der Waals surface area contributed by atoms with E-state index < -0.39 is 11.6 Å². The van der Waals surface area contributed by atoms with Crippen molar-refractivity contribution in [1.82, 2.24) is 10.1 Å². The summed E-state index contributed by atoms with van der Waals surface area (Å²) in [5, 5.41) is 4.00. The van der Waals surface area contributed by atoms with Crippen LogP contribution >= 0.6 is 0 Å². The highest BCUT2D eigenvalue weighted by atomic mass is 19.1. The summed E-state index contributed by atoms with van der Waals surface area (Å²) in [7, 11) is 1.57. The second-order valence-electron chi connectivity index (χ2n) is 6.14. The van der Waals surface area contributed by atoms with E-state index in [2.05, 4.69) is 10.1 Å². The standard InChI is InChI=1S/C22H16F2N2O3/c1-27-20-8-3-2-5-16(20)22-25-21(26-29-22)14-9-11-15(12-10-14)28-13-17-18(23)6-4-7-19(17)24/h2-12H,13H2,1H3. The highest BCUT2D eigenvalue weighted by Crippen LogP contribution is 2.30. The molecule has 0 fully saturated rings. The lowest BCUT2D eigenvalue weighted by Crippen LogP contribution is -2.01. The lowest BCUT2D eigenvalue weighted by Gasteiger charge is -2.08. The third-order valence-corrected chi connectivity index (χ3v) is 4.32. The van der Waals surface area contributed by atoms with Crippen molar-refractivity contribution < 1.29 is 22.8 Å². The fraction of sp³-hybridized carbons (Fsp3) is 0.0909. The third-order valence-electron chi connectivity index (χ3n) is 4.32. The molecule has 0 saturated carbocycles. The molecule has 0 bridgehead atoms. The van der Waals surface area contributed by atoms with Gasteiger partial charge in [-0.3, -0.25) is 0 Å². The molecule has 0 spiro atoms. The van der Waals surface area contributed by atoms with Crippen molar-refractivity contribution in [3.05, 3.63) is 83.9 Å². The SMILES string of the molecule is COc1ccccc1-c1nc(-c2ccc(OCc3c(F)cccc3F)cc2)no1. The molecule has 0 saturated heterocycles. The van der Waals surface area contributed by atoms with Crippen molar-refractivity contribution in [3.8, 4) is 34.3 Å². The average Bonchev–Trinajstić information content (AvgIpc) is 3.24. The van der Waals surface area contributed by atoms with Crippen molar-refractivity contribution in [3.63, 3.8) is 0 Å². The van der Waals surface area contributed by atoms with Gasteiger partial charge in [0.15, 0.2) is 0 Å². The Morgan fingerprint density at radius 2 is 1.62 bits per heavy atom. The second kappa shape index (κ2) is 8.10. The molecule has 0 atom stereocenters. The Bertz CT molecular complexity index is 1110. The summed E-state index contributed by atoms with van der Waals surface area (Å²) in [6.07, 6.45) is 0. The molecule has 7 heteroatoms. The van der Waals surface area contributed by atoms with Gasteiger partial charge in [-0.25, -0.2) is 8.78 Å². The highest BCUT2D eigenvalue weighted by molar-refractivity contribution is 5.65. The molecule has 5 nitrogen and oxygen atoms in total. The molecule has 0 N–H and O–H groups in total. The van der Waals surface area contributed by atoms with E-state index in [9.17, 15) is 8.78 Å². The number of rotatable bonds is 6. The summed E-state index contributed by atoms with van der Waals surface area (Å²) >= 11 is 0. The normalized spacial score (nSPS) is 10.7. The average molecular weight is 394 g/mol. The molecule has 1 heterocycles. The van der Waals surface area contributed by atoms with Gasteiger partial charge < -0.3 is 14.0 Å². The van der Waals surface area contributed by atoms with Crippen molar-refractivity contribution >= 4 is 0 Å². The van der Waals surface area contributed by atoms with E-state index in [-0.39, 0.29) is 12.2 Å². The van der Waals surface area contributed by atoms with Gasteiger partial charge in [-0.2, -0.15) is 4.98 Å². The summed E-state index contributed by atoms with van der Waals surface area (Å²) in [5.41, 5.74) is 1.29. The topological polar surface area (TPSA) is 57.4 Å². The van der Waals surface area contributed by atoms with Crippen molar-refractivity contribution in [1.29, 1.82) is 0 Å². The summed E-state index contributed by atoms with van der Waals surface area (Å²) in [6.45, 7) is -0.210. The predicted octanol–water partition coefficient (Wildman–Crippen LogP) is 5.27. The first-order valence-corrected chi connectivity index (χ1v) is 8.79. The minimum absolute atomic E-state index is 0.115. The van der Waals surface area contributed by atoms with Crippen LogP contribution in [-0.4, -0.2) is 17.3 Å². The summed E-state index contributed by atoms with van der Waals surface area (Å²) in [4.78, 5) is 4.41.